The molecule has 0 radical (unpaired) electrons. The zero-order valence-corrected chi connectivity index (χ0v) is 14.2. The van der Waals surface area contributed by atoms with E-state index in [1.54, 1.807) is 7.05 Å². The first-order valence-corrected chi connectivity index (χ1v) is 8.89. The fourth-order valence-corrected chi connectivity index (χ4v) is 4.45. The summed E-state index contributed by atoms with van der Waals surface area (Å²) in [5, 5.41) is 5.54. The van der Waals surface area contributed by atoms with Crippen molar-refractivity contribution in [2.75, 3.05) is 12.4 Å². The molecule has 0 bridgehead atoms. The summed E-state index contributed by atoms with van der Waals surface area (Å²) in [7, 11) is -1.76. The van der Waals surface area contributed by atoms with E-state index in [2.05, 4.69) is 15.0 Å². The van der Waals surface area contributed by atoms with Crippen molar-refractivity contribution in [3.63, 3.8) is 0 Å². The van der Waals surface area contributed by atoms with Crippen molar-refractivity contribution in [2.24, 2.45) is 0 Å². The van der Waals surface area contributed by atoms with E-state index in [1.807, 2.05) is 38.3 Å². The molecule has 0 aliphatic heterocycles. The van der Waals surface area contributed by atoms with Gasteiger partial charge in [0.2, 0.25) is 10.0 Å². The van der Waals surface area contributed by atoms with Crippen LogP contribution in [0.5, 0.6) is 0 Å². The number of nitrogens with one attached hydrogen (secondary N) is 2. The number of thiazole rings is 1. The first-order valence-electron chi connectivity index (χ1n) is 6.53. The molecule has 21 heavy (non-hydrogen) atoms. The summed E-state index contributed by atoms with van der Waals surface area (Å²) in [4.78, 5) is 4.62. The van der Waals surface area contributed by atoms with Crippen molar-refractivity contribution in [3.05, 3.63) is 39.9 Å². The van der Waals surface area contributed by atoms with Gasteiger partial charge in [-0.15, -0.1) is 11.3 Å². The molecule has 0 spiro atoms. The largest absolute Gasteiger partial charge is 0.365 e. The SMILES string of the molecule is CNc1nc(CNS(=O)(=O)c2c(C)cc(C)cc2C)cs1. The predicted octanol–water partition coefficient (Wildman–Crippen LogP) is 2.59. The first-order chi connectivity index (χ1) is 9.83. The van der Waals surface area contributed by atoms with E-state index in [0.29, 0.717) is 10.6 Å². The normalized spacial score (nSPS) is 11.6. The molecule has 1 heterocycles. The third-order valence-corrected chi connectivity index (χ3v) is 5.70. The predicted molar refractivity (Wildman–Crippen MR) is 86.3 cm³/mol. The number of sulfonamides is 1. The maximum absolute atomic E-state index is 12.5. The molecule has 0 atom stereocenters. The Bertz CT molecular complexity index is 728. The van der Waals surface area contributed by atoms with Crippen molar-refractivity contribution in [1.82, 2.24) is 9.71 Å². The van der Waals surface area contributed by atoms with Gasteiger partial charge in [0.25, 0.3) is 0 Å². The Morgan fingerprint density at radius 1 is 1.19 bits per heavy atom. The van der Waals surface area contributed by atoms with Gasteiger partial charge in [-0.25, -0.2) is 18.1 Å². The van der Waals surface area contributed by atoms with E-state index in [9.17, 15) is 8.42 Å². The zero-order chi connectivity index (χ0) is 15.6. The summed E-state index contributed by atoms with van der Waals surface area (Å²) in [6.07, 6.45) is 0. The number of benzene rings is 1. The molecule has 0 aliphatic carbocycles. The number of nitrogens with zero attached hydrogens (tertiary/aromatic N) is 1. The van der Waals surface area contributed by atoms with E-state index >= 15 is 0 Å². The Labute approximate surface area is 129 Å². The summed E-state index contributed by atoms with van der Waals surface area (Å²) >= 11 is 1.45. The molecule has 2 N–H and O–H groups in total. The van der Waals surface area contributed by atoms with Gasteiger partial charge >= 0.3 is 0 Å². The van der Waals surface area contributed by atoms with E-state index in [1.165, 1.54) is 11.3 Å². The number of anilines is 1. The number of hydrogen-bond acceptors (Lipinski definition) is 5. The second kappa shape index (κ2) is 6.13. The van der Waals surface area contributed by atoms with Crippen LogP contribution in [0.25, 0.3) is 0 Å². The van der Waals surface area contributed by atoms with Crippen LogP contribution in [-0.2, 0) is 16.6 Å². The minimum Gasteiger partial charge on any atom is -0.365 e. The maximum atomic E-state index is 12.5. The number of rotatable bonds is 5. The zero-order valence-electron chi connectivity index (χ0n) is 12.5. The molecule has 0 amide bonds. The fraction of sp³-hybridized carbons (Fsp3) is 0.357. The first kappa shape index (κ1) is 15.9. The van der Waals surface area contributed by atoms with Gasteiger partial charge in [-0.05, 0) is 31.9 Å². The third-order valence-electron chi connectivity index (χ3n) is 3.08. The van der Waals surface area contributed by atoms with Crippen LogP contribution in [0.2, 0.25) is 0 Å². The minimum absolute atomic E-state index is 0.188. The van der Waals surface area contributed by atoms with Gasteiger partial charge in [0.05, 0.1) is 17.1 Å². The smallest absolute Gasteiger partial charge is 0.241 e. The maximum Gasteiger partial charge on any atom is 0.241 e. The minimum atomic E-state index is -3.54. The summed E-state index contributed by atoms with van der Waals surface area (Å²) in [6, 6.07) is 3.76. The second-order valence-electron chi connectivity index (χ2n) is 4.95. The Kier molecular flexibility index (Phi) is 4.65. The van der Waals surface area contributed by atoms with Crippen LogP contribution in [-0.4, -0.2) is 20.4 Å². The Hall–Kier alpha value is -1.44. The van der Waals surface area contributed by atoms with Crippen molar-refractivity contribution in [1.29, 1.82) is 0 Å². The van der Waals surface area contributed by atoms with Gasteiger partial charge in [0.15, 0.2) is 5.13 Å². The van der Waals surface area contributed by atoms with E-state index < -0.39 is 10.0 Å². The highest BCUT2D eigenvalue weighted by atomic mass is 32.2. The van der Waals surface area contributed by atoms with E-state index in [0.717, 1.165) is 21.8 Å². The van der Waals surface area contributed by atoms with Crippen molar-refractivity contribution >= 4 is 26.5 Å². The van der Waals surface area contributed by atoms with Crippen molar-refractivity contribution < 1.29 is 8.42 Å². The second-order valence-corrected chi connectivity index (χ2v) is 7.51. The molecular formula is C14H19N3O2S2. The average Bonchev–Trinajstić information content (AvgIpc) is 2.82. The molecule has 5 nitrogen and oxygen atoms in total. The standard InChI is InChI=1S/C14H19N3O2S2/c1-9-5-10(2)13(11(3)6-9)21(18,19)16-7-12-8-20-14(15-4)17-12/h5-6,8,16H,7H2,1-4H3,(H,15,17). The monoisotopic (exact) mass is 325 g/mol. The molecule has 114 valence electrons. The average molecular weight is 325 g/mol. The van der Waals surface area contributed by atoms with Crippen LogP contribution in [0, 0.1) is 20.8 Å². The van der Waals surface area contributed by atoms with Crippen LogP contribution in [0.1, 0.15) is 22.4 Å². The Morgan fingerprint density at radius 2 is 1.81 bits per heavy atom. The van der Waals surface area contributed by atoms with Gasteiger partial charge in [0.1, 0.15) is 0 Å². The van der Waals surface area contributed by atoms with Crippen LogP contribution >= 0.6 is 11.3 Å². The van der Waals surface area contributed by atoms with E-state index in [4.69, 9.17) is 0 Å². The lowest BCUT2D eigenvalue weighted by Crippen LogP contribution is -2.25. The van der Waals surface area contributed by atoms with Crippen LogP contribution in [0.3, 0.4) is 0 Å². The molecule has 0 aliphatic rings. The topological polar surface area (TPSA) is 71.1 Å². The molecule has 2 rings (SSSR count). The van der Waals surface area contributed by atoms with Gasteiger partial charge in [-0.2, -0.15) is 0 Å². The summed E-state index contributed by atoms with van der Waals surface area (Å²) in [6.45, 7) is 5.78. The molecule has 0 fully saturated rings. The Morgan fingerprint density at radius 3 is 2.33 bits per heavy atom. The molecule has 1 aromatic carbocycles. The quantitative estimate of drug-likeness (QED) is 0.886. The van der Waals surface area contributed by atoms with Crippen LogP contribution in [0.15, 0.2) is 22.4 Å². The van der Waals surface area contributed by atoms with Crippen molar-refractivity contribution in [3.8, 4) is 0 Å². The molecular weight excluding hydrogens is 306 g/mol. The number of aromatic nitrogens is 1. The van der Waals surface area contributed by atoms with Gasteiger partial charge in [0, 0.05) is 12.4 Å². The number of aryl methyl sites for hydroxylation is 3. The fourth-order valence-electron chi connectivity index (χ4n) is 2.33. The third kappa shape index (κ3) is 3.61. The highest BCUT2D eigenvalue weighted by Gasteiger charge is 2.19. The van der Waals surface area contributed by atoms with Gasteiger partial charge in [-0.1, -0.05) is 17.7 Å². The summed E-state index contributed by atoms with van der Waals surface area (Å²) in [5.41, 5.74) is 3.28. The molecule has 7 heteroatoms. The lowest BCUT2D eigenvalue weighted by atomic mass is 10.1. The highest BCUT2D eigenvalue weighted by Crippen LogP contribution is 2.22. The Balaban J connectivity index is 2.23. The van der Waals surface area contributed by atoms with Crippen molar-refractivity contribution in [2.45, 2.75) is 32.2 Å². The molecule has 2 aromatic rings. The molecule has 0 saturated carbocycles. The summed E-state index contributed by atoms with van der Waals surface area (Å²) in [5.74, 6) is 0. The van der Waals surface area contributed by atoms with Gasteiger partial charge in [-0.3, -0.25) is 0 Å². The molecule has 0 saturated heterocycles. The number of hydrogen-bond donors (Lipinski definition) is 2. The lowest BCUT2D eigenvalue weighted by Gasteiger charge is -2.12. The summed E-state index contributed by atoms with van der Waals surface area (Å²) < 4.78 is 27.6. The van der Waals surface area contributed by atoms with Gasteiger partial charge < -0.3 is 5.32 Å². The highest BCUT2D eigenvalue weighted by molar-refractivity contribution is 7.89. The van der Waals surface area contributed by atoms with E-state index in [-0.39, 0.29) is 6.54 Å². The molecule has 0 unspecified atom stereocenters. The molecule has 1 aromatic heterocycles. The van der Waals surface area contributed by atoms with Crippen LogP contribution in [0.4, 0.5) is 5.13 Å². The van der Waals surface area contributed by atoms with Crippen LogP contribution < -0.4 is 10.0 Å². The lowest BCUT2D eigenvalue weighted by molar-refractivity contribution is 0.579.